The van der Waals surface area contributed by atoms with E-state index < -0.39 is 0 Å². The molecule has 0 saturated carbocycles. The van der Waals surface area contributed by atoms with Crippen molar-refractivity contribution in [3.05, 3.63) is 0 Å². The fourth-order valence-electron chi connectivity index (χ4n) is 2.07. The maximum atomic E-state index is 11.8. The van der Waals surface area contributed by atoms with Crippen LogP contribution < -0.4 is 5.32 Å². The van der Waals surface area contributed by atoms with Crippen molar-refractivity contribution < 1.29 is 14.3 Å². The van der Waals surface area contributed by atoms with E-state index in [1.54, 1.807) is 4.90 Å². The van der Waals surface area contributed by atoms with Crippen LogP contribution in [0.2, 0.25) is 0 Å². The van der Waals surface area contributed by atoms with Crippen molar-refractivity contribution in [2.45, 2.75) is 51.7 Å². The number of nitrogens with one attached hydrogen (secondary N) is 1. The fraction of sp³-hybridized carbons (Fsp3) is 0.846. The first-order valence-electron chi connectivity index (χ1n) is 6.75. The molecule has 1 atom stereocenters. The third kappa shape index (κ3) is 5.04. The van der Waals surface area contributed by atoms with E-state index in [2.05, 4.69) is 5.32 Å². The molecule has 1 N–H and O–H groups in total. The monoisotopic (exact) mass is 256 g/mol. The standard InChI is InChI=1S/C13H24N2O3/c1-11(2)18-9-4-3-7-14-13(17)12-6-5-8-15(12)10-16/h10-12H,3-9H2,1-2H3,(H,14,17). The smallest absolute Gasteiger partial charge is 0.242 e. The summed E-state index contributed by atoms with van der Waals surface area (Å²) in [7, 11) is 0. The van der Waals surface area contributed by atoms with E-state index in [0.717, 1.165) is 38.7 Å². The highest BCUT2D eigenvalue weighted by molar-refractivity contribution is 5.83. The molecule has 0 bridgehead atoms. The molecule has 5 nitrogen and oxygen atoms in total. The summed E-state index contributed by atoms with van der Waals surface area (Å²) in [5, 5.41) is 2.88. The third-order valence-corrected chi connectivity index (χ3v) is 3.05. The van der Waals surface area contributed by atoms with Gasteiger partial charge >= 0.3 is 0 Å². The van der Waals surface area contributed by atoms with Gasteiger partial charge in [0.2, 0.25) is 12.3 Å². The molecule has 0 aliphatic carbocycles. The number of carbonyl (C=O) groups is 2. The van der Waals surface area contributed by atoms with Crippen LogP contribution in [0.1, 0.15) is 39.5 Å². The number of rotatable bonds is 8. The quantitative estimate of drug-likeness (QED) is 0.519. The van der Waals surface area contributed by atoms with Gasteiger partial charge < -0.3 is 15.0 Å². The number of nitrogens with zero attached hydrogens (tertiary/aromatic N) is 1. The summed E-state index contributed by atoms with van der Waals surface area (Å²) in [4.78, 5) is 24.1. The number of ether oxygens (including phenoxy) is 1. The Morgan fingerprint density at radius 2 is 2.28 bits per heavy atom. The molecule has 5 heteroatoms. The lowest BCUT2D eigenvalue weighted by Crippen LogP contribution is -2.42. The largest absolute Gasteiger partial charge is 0.379 e. The molecule has 0 aromatic heterocycles. The Morgan fingerprint density at radius 1 is 1.50 bits per heavy atom. The van der Waals surface area contributed by atoms with Crippen LogP contribution >= 0.6 is 0 Å². The molecule has 1 fully saturated rings. The van der Waals surface area contributed by atoms with Gasteiger partial charge in [0.15, 0.2) is 0 Å². The summed E-state index contributed by atoms with van der Waals surface area (Å²) in [6.07, 6.45) is 4.58. The van der Waals surface area contributed by atoms with Gasteiger partial charge in [0.1, 0.15) is 6.04 Å². The first kappa shape index (κ1) is 15.0. The summed E-state index contributed by atoms with van der Waals surface area (Å²) < 4.78 is 5.42. The van der Waals surface area contributed by atoms with Crippen LogP contribution in [0.3, 0.4) is 0 Å². The molecule has 1 aliphatic rings. The Labute approximate surface area is 109 Å². The molecule has 1 unspecified atom stereocenters. The van der Waals surface area contributed by atoms with E-state index >= 15 is 0 Å². The summed E-state index contributed by atoms with van der Waals surface area (Å²) in [6, 6.07) is -0.255. The number of carbonyl (C=O) groups excluding carboxylic acids is 2. The van der Waals surface area contributed by atoms with E-state index in [1.807, 2.05) is 13.8 Å². The minimum atomic E-state index is -0.255. The van der Waals surface area contributed by atoms with Crippen LogP contribution in [-0.4, -0.2) is 49.1 Å². The average molecular weight is 256 g/mol. The maximum Gasteiger partial charge on any atom is 0.242 e. The molecule has 0 spiro atoms. The molecule has 1 heterocycles. The minimum absolute atomic E-state index is 0.0237. The fourth-order valence-corrected chi connectivity index (χ4v) is 2.07. The lowest BCUT2D eigenvalue weighted by atomic mass is 10.2. The van der Waals surface area contributed by atoms with Crippen molar-refractivity contribution in [3.8, 4) is 0 Å². The second kappa shape index (κ2) is 8.08. The summed E-state index contributed by atoms with van der Waals surface area (Å²) in [5.41, 5.74) is 0. The molecule has 104 valence electrons. The Bertz CT molecular complexity index is 269. The van der Waals surface area contributed by atoms with Crippen LogP contribution in [0, 0.1) is 0 Å². The number of amides is 2. The highest BCUT2D eigenvalue weighted by atomic mass is 16.5. The number of likely N-dealkylation sites (tertiary alicyclic amines) is 1. The van der Waals surface area contributed by atoms with Gasteiger partial charge in [-0.25, -0.2) is 0 Å². The van der Waals surface area contributed by atoms with Crippen molar-refractivity contribution in [2.75, 3.05) is 19.7 Å². The minimum Gasteiger partial charge on any atom is -0.379 e. The van der Waals surface area contributed by atoms with Crippen LogP contribution in [0.5, 0.6) is 0 Å². The molecule has 1 rings (SSSR count). The molecule has 1 saturated heterocycles. The SMILES string of the molecule is CC(C)OCCCCNC(=O)C1CCCN1C=O. The predicted octanol–water partition coefficient (Wildman–Crippen LogP) is 0.929. The molecular weight excluding hydrogens is 232 g/mol. The zero-order chi connectivity index (χ0) is 13.4. The number of hydrogen-bond donors (Lipinski definition) is 1. The van der Waals surface area contributed by atoms with Crippen LogP contribution in [0.4, 0.5) is 0 Å². The van der Waals surface area contributed by atoms with Crippen molar-refractivity contribution in [2.24, 2.45) is 0 Å². The Morgan fingerprint density at radius 3 is 2.94 bits per heavy atom. The second-order valence-electron chi connectivity index (χ2n) is 4.92. The Balaban J connectivity index is 2.08. The first-order valence-corrected chi connectivity index (χ1v) is 6.75. The van der Waals surface area contributed by atoms with Crippen LogP contribution in [0.15, 0.2) is 0 Å². The highest BCUT2D eigenvalue weighted by Gasteiger charge is 2.28. The topological polar surface area (TPSA) is 58.6 Å². The summed E-state index contributed by atoms with van der Waals surface area (Å²) >= 11 is 0. The van der Waals surface area contributed by atoms with Crippen molar-refractivity contribution in [3.63, 3.8) is 0 Å². The lowest BCUT2D eigenvalue weighted by molar-refractivity contribution is -0.131. The zero-order valence-electron chi connectivity index (χ0n) is 11.4. The third-order valence-electron chi connectivity index (χ3n) is 3.05. The molecule has 2 amide bonds. The zero-order valence-corrected chi connectivity index (χ0v) is 11.4. The van der Waals surface area contributed by atoms with Crippen molar-refractivity contribution in [1.82, 2.24) is 10.2 Å². The normalized spacial score (nSPS) is 19.3. The van der Waals surface area contributed by atoms with E-state index in [4.69, 9.17) is 4.74 Å². The highest BCUT2D eigenvalue weighted by Crippen LogP contribution is 2.14. The molecule has 0 aromatic rings. The molecular formula is C13H24N2O3. The van der Waals surface area contributed by atoms with Gasteiger partial charge in [0.05, 0.1) is 6.10 Å². The van der Waals surface area contributed by atoms with Gasteiger partial charge in [0.25, 0.3) is 0 Å². The van der Waals surface area contributed by atoms with Gasteiger partial charge in [0, 0.05) is 19.7 Å². The van der Waals surface area contributed by atoms with Crippen LogP contribution in [-0.2, 0) is 14.3 Å². The van der Waals surface area contributed by atoms with E-state index in [9.17, 15) is 9.59 Å². The van der Waals surface area contributed by atoms with E-state index in [-0.39, 0.29) is 18.1 Å². The van der Waals surface area contributed by atoms with Gasteiger partial charge in [-0.15, -0.1) is 0 Å². The predicted molar refractivity (Wildman–Crippen MR) is 69.1 cm³/mol. The first-order chi connectivity index (χ1) is 8.65. The van der Waals surface area contributed by atoms with E-state index in [1.165, 1.54) is 0 Å². The van der Waals surface area contributed by atoms with Crippen molar-refractivity contribution >= 4 is 12.3 Å². The summed E-state index contributed by atoms with van der Waals surface area (Å²) in [5.74, 6) is -0.0237. The van der Waals surface area contributed by atoms with Crippen LogP contribution in [0.25, 0.3) is 0 Å². The molecule has 0 radical (unpaired) electrons. The Hall–Kier alpha value is -1.10. The maximum absolute atomic E-state index is 11.8. The van der Waals surface area contributed by atoms with E-state index in [0.29, 0.717) is 13.1 Å². The average Bonchev–Trinajstić information content (AvgIpc) is 2.81. The number of hydrogen-bond acceptors (Lipinski definition) is 3. The summed E-state index contributed by atoms with van der Waals surface area (Å²) in [6.45, 7) is 6.11. The van der Waals surface area contributed by atoms with Gasteiger partial charge in [-0.05, 0) is 39.5 Å². The van der Waals surface area contributed by atoms with Gasteiger partial charge in [-0.1, -0.05) is 0 Å². The van der Waals surface area contributed by atoms with Crippen molar-refractivity contribution in [1.29, 1.82) is 0 Å². The molecule has 1 aliphatic heterocycles. The molecule has 18 heavy (non-hydrogen) atoms. The Kier molecular flexibility index (Phi) is 6.72. The van der Waals surface area contributed by atoms with Gasteiger partial charge in [-0.3, -0.25) is 9.59 Å². The lowest BCUT2D eigenvalue weighted by Gasteiger charge is -2.19. The van der Waals surface area contributed by atoms with Gasteiger partial charge in [-0.2, -0.15) is 0 Å². The number of unbranched alkanes of at least 4 members (excludes halogenated alkanes) is 1. The second-order valence-corrected chi connectivity index (χ2v) is 4.92. The molecule has 0 aromatic carbocycles.